The lowest BCUT2D eigenvalue weighted by molar-refractivity contribution is 0.673. The molecule has 0 radical (unpaired) electrons. The summed E-state index contributed by atoms with van der Waals surface area (Å²) in [5, 5.41) is 12.1. The molecule has 0 unspecified atom stereocenters. The van der Waals surface area contributed by atoms with Gasteiger partial charge in [-0.3, -0.25) is 0 Å². The molecule has 0 saturated carbocycles. The molecule has 0 spiro atoms. The summed E-state index contributed by atoms with van der Waals surface area (Å²) in [7, 11) is 0. The molecule has 10 aromatic rings. The van der Waals surface area contributed by atoms with Gasteiger partial charge in [-0.05, 0) is 89.3 Å². The summed E-state index contributed by atoms with van der Waals surface area (Å²) in [4.78, 5) is 0. The molecular weight excluding hydrogens is 569 g/mol. The molecule has 0 N–H and O–H groups in total. The molecule has 0 bridgehead atoms. The van der Waals surface area contributed by atoms with Crippen LogP contribution in [0.1, 0.15) is 0 Å². The quantitative estimate of drug-likeness (QED) is 0.146. The SMILES string of the molecule is c1ccc(-c2cccc(-c3c4ccccc4c(-c4ccc5c(c4)oc4c6ccccc6c6ccccc6c54)c4ccccc34)c2)cc1. The third-order valence-electron chi connectivity index (χ3n) is 9.83. The van der Waals surface area contributed by atoms with Crippen LogP contribution in [0.25, 0.3) is 98.4 Å². The Balaban J connectivity index is 1.26. The highest BCUT2D eigenvalue weighted by molar-refractivity contribution is 6.30. The van der Waals surface area contributed by atoms with Gasteiger partial charge in [-0.1, -0.05) is 152 Å². The molecule has 0 aliphatic rings. The topological polar surface area (TPSA) is 13.1 Å². The van der Waals surface area contributed by atoms with E-state index in [4.69, 9.17) is 4.42 Å². The van der Waals surface area contributed by atoms with Crippen molar-refractivity contribution in [1.82, 2.24) is 0 Å². The van der Waals surface area contributed by atoms with Crippen LogP contribution in [0.15, 0.2) is 174 Å². The summed E-state index contributed by atoms with van der Waals surface area (Å²) in [6, 6.07) is 61.4. The first-order chi connectivity index (χ1) is 23.3. The molecule has 1 heterocycles. The van der Waals surface area contributed by atoms with Crippen molar-refractivity contribution in [3.8, 4) is 33.4 Å². The fourth-order valence-electron chi connectivity index (χ4n) is 7.80. The highest BCUT2D eigenvalue weighted by Gasteiger charge is 2.20. The predicted octanol–water partition coefficient (Wildman–Crippen LogP) is 13.2. The Morgan fingerprint density at radius 2 is 0.745 bits per heavy atom. The van der Waals surface area contributed by atoms with E-state index in [1.807, 2.05) is 0 Å². The number of fused-ring (bicyclic) bond motifs is 10. The van der Waals surface area contributed by atoms with Gasteiger partial charge < -0.3 is 4.42 Å². The molecule has 0 aliphatic carbocycles. The van der Waals surface area contributed by atoms with Crippen LogP contribution in [-0.4, -0.2) is 0 Å². The monoisotopic (exact) mass is 596 g/mol. The Morgan fingerprint density at radius 3 is 1.38 bits per heavy atom. The van der Waals surface area contributed by atoms with Crippen LogP contribution in [0.3, 0.4) is 0 Å². The molecular formula is C46H28O. The summed E-state index contributed by atoms with van der Waals surface area (Å²) in [5.74, 6) is 0. The highest BCUT2D eigenvalue weighted by atomic mass is 16.3. The Morgan fingerprint density at radius 1 is 0.277 bits per heavy atom. The number of hydrogen-bond acceptors (Lipinski definition) is 1. The van der Waals surface area contributed by atoms with Crippen LogP contribution < -0.4 is 0 Å². The van der Waals surface area contributed by atoms with Crippen LogP contribution in [0.5, 0.6) is 0 Å². The number of benzene rings is 9. The molecule has 1 aromatic heterocycles. The number of hydrogen-bond donors (Lipinski definition) is 0. The minimum Gasteiger partial charge on any atom is -0.455 e. The molecule has 0 fully saturated rings. The van der Waals surface area contributed by atoms with Crippen LogP contribution >= 0.6 is 0 Å². The third-order valence-corrected chi connectivity index (χ3v) is 9.83. The van der Waals surface area contributed by atoms with E-state index in [1.54, 1.807) is 0 Å². The molecule has 0 atom stereocenters. The number of rotatable bonds is 3. The minimum atomic E-state index is 0.909. The molecule has 47 heavy (non-hydrogen) atoms. The summed E-state index contributed by atoms with van der Waals surface area (Å²) in [6.45, 7) is 0. The zero-order chi connectivity index (χ0) is 30.9. The van der Waals surface area contributed by atoms with Crippen LogP contribution in [0.4, 0.5) is 0 Å². The van der Waals surface area contributed by atoms with Crippen molar-refractivity contribution in [2.45, 2.75) is 0 Å². The van der Waals surface area contributed by atoms with E-state index in [0.717, 1.165) is 27.5 Å². The molecule has 218 valence electrons. The van der Waals surface area contributed by atoms with Gasteiger partial charge in [0.05, 0.1) is 0 Å². The van der Waals surface area contributed by atoms with Crippen LogP contribution in [-0.2, 0) is 0 Å². The van der Waals surface area contributed by atoms with Gasteiger partial charge in [-0.15, -0.1) is 0 Å². The average molecular weight is 597 g/mol. The third kappa shape index (κ3) is 3.90. The van der Waals surface area contributed by atoms with E-state index in [9.17, 15) is 0 Å². The smallest absolute Gasteiger partial charge is 0.143 e. The van der Waals surface area contributed by atoms with Crippen molar-refractivity contribution < 1.29 is 4.42 Å². The zero-order valence-corrected chi connectivity index (χ0v) is 25.6. The average Bonchev–Trinajstić information content (AvgIpc) is 3.54. The lowest BCUT2D eigenvalue weighted by atomic mass is 9.85. The lowest BCUT2D eigenvalue weighted by Gasteiger charge is -2.18. The maximum atomic E-state index is 6.81. The van der Waals surface area contributed by atoms with Gasteiger partial charge in [0.15, 0.2) is 0 Å². The van der Waals surface area contributed by atoms with E-state index in [1.165, 1.54) is 70.9 Å². The lowest BCUT2D eigenvalue weighted by Crippen LogP contribution is -1.91. The highest BCUT2D eigenvalue weighted by Crippen LogP contribution is 2.46. The second kappa shape index (κ2) is 10.2. The van der Waals surface area contributed by atoms with E-state index in [-0.39, 0.29) is 0 Å². The first kappa shape index (κ1) is 26.1. The van der Waals surface area contributed by atoms with E-state index in [2.05, 4.69) is 170 Å². The van der Waals surface area contributed by atoms with Crippen molar-refractivity contribution in [1.29, 1.82) is 0 Å². The van der Waals surface area contributed by atoms with Crippen molar-refractivity contribution in [3.05, 3.63) is 170 Å². The predicted molar refractivity (Wildman–Crippen MR) is 200 cm³/mol. The van der Waals surface area contributed by atoms with E-state index < -0.39 is 0 Å². The Labute approximate surface area is 271 Å². The summed E-state index contributed by atoms with van der Waals surface area (Å²) >= 11 is 0. The van der Waals surface area contributed by atoms with Crippen molar-refractivity contribution in [2.75, 3.05) is 0 Å². The van der Waals surface area contributed by atoms with Gasteiger partial charge in [0.2, 0.25) is 0 Å². The molecule has 0 saturated heterocycles. The molecule has 1 heteroatoms. The van der Waals surface area contributed by atoms with Gasteiger partial charge >= 0.3 is 0 Å². The van der Waals surface area contributed by atoms with Crippen molar-refractivity contribution >= 4 is 65.0 Å². The van der Waals surface area contributed by atoms with Crippen molar-refractivity contribution in [2.24, 2.45) is 0 Å². The Kier molecular flexibility index (Phi) is 5.64. The summed E-state index contributed by atoms with van der Waals surface area (Å²) < 4.78 is 6.81. The van der Waals surface area contributed by atoms with Crippen LogP contribution in [0.2, 0.25) is 0 Å². The fourth-order valence-corrected chi connectivity index (χ4v) is 7.80. The van der Waals surface area contributed by atoms with Gasteiger partial charge in [0, 0.05) is 16.2 Å². The minimum absolute atomic E-state index is 0.909. The van der Waals surface area contributed by atoms with E-state index in [0.29, 0.717) is 0 Å². The number of furan rings is 1. The van der Waals surface area contributed by atoms with E-state index >= 15 is 0 Å². The molecule has 0 amide bonds. The molecule has 0 aliphatic heterocycles. The van der Waals surface area contributed by atoms with Gasteiger partial charge in [-0.2, -0.15) is 0 Å². The second-order valence-corrected chi connectivity index (χ2v) is 12.4. The maximum absolute atomic E-state index is 6.81. The fraction of sp³-hybridized carbons (Fsp3) is 0. The molecule has 9 aromatic carbocycles. The van der Waals surface area contributed by atoms with Crippen LogP contribution in [0, 0.1) is 0 Å². The second-order valence-electron chi connectivity index (χ2n) is 12.4. The first-order valence-electron chi connectivity index (χ1n) is 16.2. The summed E-state index contributed by atoms with van der Waals surface area (Å²) in [6.07, 6.45) is 0. The van der Waals surface area contributed by atoms with Crippen molar-refractivity contribution in [3.63, 3.8) is 0 Å². The maximum Gasteiger partial charge on any atom is 0.143 e. The van der Waals surface area contributed by atoms with Gasteiger partial charge in [-0.25, -0.2) is 0 Å². The van der Waals surface area contributed by atoms with Gasteiger partial charge in [0.1, 0.15) is 11.2 Å². The first-order valence-corrected chi connectivity index (χ1v) is 16.2. The zero-order valence-electron chi connectivity index (χ0n) is 25.6. The normalized spacial score (nSPS) is 11.8. The Bertz CT molecular complexity index is 2780. The molecule has 10 rings (SSSR count). The Hall–Kier alpha value is -6.18. The standard InChI is InChI=1S/C46H28O/c1-2-13-29(14-3-1)30-15-12-16-31(27-30)43-36-20-7-9-22-38(36)44(39-23-10-8-21-37(39)43)32-25-26-41-42(28-32)47-46-40-24-11-5-18-34(40)33-17-4-6-19-35(33)45(41)46/h1-28H. The summed E-state index contributed by atoms with van der Waals surface area (Å²) in [5.41, 5.74) is 9.17. The molecule has 1 nitrogen and oxygen atoms in total. The largest absolute Gasteiger partial charge is 0.455 e. The van der Waals surface area contributed by atoms with Gasteiger partial charge in [0.25, 0.3) is 0 Å².